The molecule has 2 aromatic carbocycles. The van der Waals surface area contributed by atoms with E-state index in [4.69, 9.17) is 9.47 Å². The van der Waals surface area contributed by atoms with Gasteiger partial charge in [-0.1, -0.05) is 32.9 Å². The molecular weight excluding hydrogens is 330 g/mol. The van der Waals surface area contributed by atoms with Gasteiger partial charge in [-0.15, -0.1) is 0 Å². The monoisotopic (exact) mass is 355 g/mol. The molecule has 0 spiro atoms. The normalized spacial score (nSPS) is 11.1. The second-order valence-corrected chi connectivity index (χ2v) is 6.99. The summed E-state index contributed by atoms with van der Waals surface area (Å²) in [6.07, 6.45) is 0. The van der Waals surface area contributed by atoms with Crippen LogP contribution in [0.5, 0.6) is 0 Å². The van der Waals surface area contributed by atoms with Crippen molar-refractivity contribution < 1.29 is 19.1 Å². The van der Waals surface area contributed by atoms with E-state index in [-0.39, 0.29) is 17.9 Å². The van der Waals surface area contributed by atoms with Crippen molar-refractivity contribution in [2.75, 3.05) is 25.6 Å². The lowest BCUT2D eigenvalue weighted by Crippen LogP contribution is -2.14. The Kier molecular flexibility index (Phi) is 6.52. The third-order valence-corrected chi connectivity index (χ3v) is 3.91. The van der Waals surface area contributed by atoms with Gasteiger partial charge in [0.25, 0.3) is 5.91 Å². The Bertz CT molecular complexity index is 743. The third kappa shape index (κ3) is 5.43. The molecule has 0 aliphatic rings. The van der Waals surface area contributed by atoms with Crippen molar-refractivity contribution >= 4 is 17.6 Å². The topological polar surface area (TPSA) is 64.6 Å². The molecule has 0 saturated carbocycles. The first-order valence-electron chi connectivity index (χ1n) is 8.49. The summed E-state index contributed by atoms with van der Waals surface area (Å²) in [6.45, 7) is 6.95. The number of carbonyl (C=O) groups is 2. The average molecular weight is 355 g/mol. The van der Waals surface area contributed by atoms with E-state index in [1.165, 1.54) is 5.56 Å². The van der Waals surface area contributed by atoms with Crippen LogP contribution in [0, 0.1) is 0 Å². The van der Waals surface area contributed by atoms with Gasteiger partial charge >= 0.3 is 5.97 Å². The number of hydrogen-bond acceptors (Lipinski definition) is 4. The van der Waals surface area contributed by atoms with E-state index in [0.29, 0.717) is 23.4 Å². The molecule has 1 N–H and O–H groups in total. The van der Waals surface area contributed by atoms with Crippen LogP contribution < -0.4 is 5.32 Å². The Labute approximate surface area is 154 Å². The summed E-state index contributed by atoms with van der Waals surface area (Å²) < 4.78 is 9.88. The summed E-state index contributed by atoms with van der Waals surface area (Å²) in [5, 5.41) is 2.82. The van der Waals surface area contributed by atoms with Crippen LogP contribution in [-0.4, -0.2) is 32.2 Å². The molecule has 0 aromatic heterocycles. The van der Waals surface area contributed by atoms with Crippen LogP contribution in [0.3, 0.4) is 0 Å². The minimum Gasteiger partial charge on any atom is -0.460 e. The van der Waals surface area contributed by atoms with Gasteiger partial charge in [0.2, 0.25) is 0 Å². The summed E-state index contributed by atoms with van der Waals surface area (Å²) >= 11 is 0. The smallest absolute Gasteiger partial charge is 0.338 e. The van der Waals surface area contributed by atoms with Crippen LogP contribution in [0.2, 0.25) is 0 Å². The molecule has 138 valence electrons. The minimum atomic E-state index is -0.419. The number of esters is 1. The van der Waals surface area contributed by atoms with Crippen LogP contribution >= 0.6 is 0 Å². The molecule has 26 heavy (non-hydrogen) atoms. The van der Waals surface area contributed by atoms with Gasteiger partial charge in [0.15, 0.2) is 0 Å². The highest BCUT2D eigenvalue weighted by Crippen LogP contribution is 2.22. The fourth-order valence-corrected chi connectivity index (χ4v) is 2.32. The predicted molar refractivity (Wildman–Crippen MR) is 102 cm³/mol. The summed E-state index contributed by atoms with van der Waals surface area (Å²) in [5.41, 5.74) is 2.84. The van der Waals surface area contributed by atoms with Crippen molar-refractivity contribution in [1.82, 2.24) is 0 Å². The van der Waals surface area contributed by atoms with Crippen molar-refractivity contribution in [3.8, 4) is 0 Å². The molecule has 0 aliphatic carbocycles. The number of benzene rings is 2. The standard InChI is InChI=1S/C21H25NO4/c1-21(2,3)17-9-5-15(6-10-17)19(23)22-18-11-7-16(8-12-18)20(24)26-14-13-25-4/h5-12H,13-14H2,1-4H3,(H,22,23). The Morgan fingerprint density at radius 1 is 0.885 bits per heavy atom. The van der Waals surface area contributed by atoms with E-state index in [1.807, 2.05) is 24.3 Å². The zero-order valence-electron chi connectivity index (χ0n) is 15.7. The van der Waals surface area contributed by atoms with Crippen LogP contribution in [-0.2, 0) is 14.9 Å². The van der Waals surface area contributed by atoms with Gasteiger partial charge in [0.1, 0.15) is 6.61 Å². The average Bonchev–Trinajstić information content (AvgIpc) is 2.62. The van der Waals surface area contributed by atoms with E-state index in [1.54, 1.807) is 31.4 Å². The first-order valence-corrected chi connectivity index (χ1v) is 8.49. The van der Waals surface area contributed by atoms with Crippen molar-refractivity contribution in [2.24, 2.45) is 0 Å². The molecule has 0 heterocycles. The maximum Gasteiger partial charge on any atom is 0.338 e. The molecule has 5 heteroatoms. The van der Waals surface area contributed by atoms with E-state index < -0.39 is 5.97 Å². The molecular formula is C21H25NO4. The van der Waals surface area contributed by atoms with Gasteiger partial charge < -0.3 is 14.8 Å². The number of anilines is 1. The van der Waals surface area contributed by atoms with Crippen molar-refractivity contribution in [3.63, 3.8) is 0 Å². The molecule has 0 aliphatic heterocycles. The molecule has 5 nitrogen and oxygen atoms in total. The highest BCUT2D eigenvalue weighted by atomic mass is 16.6. The fraction of sp³-hybridized carbons (Fsp3) is 0.333. The zero-order chi connectivity index (χ0) is 19.2. The quantitative estimate of drug-likeness (QED) is 0.627. The Morgan fingerprint density at radius 2 is 1.46 bits per heavy atom. The largest absolute Gasteiger partial charge is 0.460 e. The van der Waals surface area contributed by atoms with Gasteiger partial charge in [0, 0.05) is 18.4 Å². The zero-order valence-corrected chi connectivity index (χ0v) is 15.7. The van der Waals surface area contributed by atoms with E-state index in [2.05, 4.69) is 26.1 Å². The van der Waals surface area contributed by atoms with Gasteiger partial charge in [0.05, 0.1) is 12.2 Å². The van der Waals surface area contributed by atoms with Gasteiger partial charge in [-0.2, -0.15) is 0 Å². The van der Waals surface area contributed by atoms with Crippen molar-refractivity contribution in [3.05, 3.63) is 65.2 Å². The van der Waals surface area contributed by atoms with Crippen LogP contribution in [0.25, 0.3) is 0 Å². The highest BCUT2D eigenvalue weighted by molar-refractivity contribution is 6.04. The second kappa shape index (κ2) is 8.63. The lowest BCUT2D eigenvalue weighted by molar-refractivity contribution is 0.0388. The van der Waals surface area contributed by atoms with E-state index in [9.17, 15) is 9.59 Å². The highest BCUT2D eigenvalue weighted by Gasteiger charge is 2.14. The fourth-order valence-electron chi connectivity index (χ4n) is 2.32. The molecule has 2 rings (SSSR count). The molecule has 1 amide bonds. The molecule has 0 saturated heterocycles. The number of rotatable bonds is 6. The first-order chi connectivity index (χ1) is 12.3. The summed E-state index contributed by atoms with van der Waals surface area (Å²) in [7, 11) is 1.54. The van der Waals surface area contributed by atoms with Crippen LogP contribution in [0.15, 0.2) is 48.5 Å². The van der Waals surface area contributed by atoms with Crippen LogP contribution in [0.4, 0.5) is 5.69 Å². The number of methoxy groups -OCH3 is 1. The van der Waals surface area contributed by atoms with Crippen molar-refractivity contribution in [1.29, 1.82) is 0 Å². The van der Waals surface area contributed by atoms with Gasteiger partial charge in [-0.25, -0.2) is 4.79 Å². The molecule has 0 bridgehead atoms. The summed E-state index contributed by atoms with van der Waals surface area (Å²) in [5.74, 6) is -0.612. The molecule has 0 radical (unpaired) electrons. The lowest BCUT2D eigenvalue weighted by atomic mass is 9.87. The van der Waals surface area contributed by atoms with E-state index in [0.717, 1.165) is 0 Å². The molecule has 0 fully saturated rings. The summed E-state index contributed by atoms with van der Waals surface area (Å²) in [4.78, 5) is 24.2. The van der Waals surface area contributed by atoms with Gasteiger partial charge in [-0.05, 0) is 47.4 Å². The number of amides is 1. The van der Waals surface area contributed by atoms with Crippen LogP contribution in [0.1, 0.15) is 47.1 Å². The maximum atomic E-state index is 12.4. The maximum absolute atomic E-state index is 12.4. The number of hydrogen-bond donors (Lipinski definition) is 1. The van der Waals surface area contributed by atoms with Crippen molar-refractivity contribution in [2.45, 2.75) is 26.2 Å². The predicted octanol–water partition coefficient (Wildman–Crippen LogP) is 4.04. The Hall–Kier alpha value is -2.66. The third-order valence-electron chi connectivity index (χ3n) is 3.91. The first kappa shape index (κ1) is 19.7. The molecule has 0 atom stereocenters. The summed E-state index contributed by atoms with van der Waals surface area (Å²) in [6, 6.07) is 14.2. The Balaban J connectivity index is 1.98. The number of ether oxygens (including phenoxy) is 2. The van der Waals surface area contributed by atoms with Gasteiger partial charge in [-0.3, -0.25) is 4.79 Å². The second-order valence-electron chi connectivity index (χ2n) is 6.99. The Morgan fingerprint density at radius 3 is 2.00 bits per heavy atom. The van der Waals surface area contributed by atoms with E-state index >= 15 is 0 Å². The molecule has 2 aromatic rings. The number of nitrogens with one attached hydrogen (secondary N) is 1. The minimum absolute atomic E-state index is 0.0443. The number of carbonyl (C=O) groups excluding carboxylic acids is 2. The lowest BCUT2D eigenvalue weighted by Gasteiger charge is -2.19. The SMILES string of the molecule is COCCOC(=O)c1ccc(NC(=O)c2ccc(C(C)(C)C)cc2)cc1. The molecule has 0 unspecified atom stereocenters.